The summed E-state index contributed by atoms with van der Waals surface area (Å²) in [6.07, 6.45) is 0. The van der Waals surface area contributed by atoms with Crippen molar-refractivity contribution in [1.29, 1.82) is 0 Å². The molecule has 2 rings (SSSR count). The van der Waals surface area contributed by atoms with Crippen molar-refractivity contribution in [2.75, 3.05) is 26.7 Å². The van der Waals surface area contributed by atoms with Crippen LogP contribution in [0.3, 0.4) is 0 Å². The fourth-order valence-electron chi connectivity index (χ4n) is 2.30. The number of likely N-dealkylation sites (N-methyl/N-ethyl adjacent to an activating group) is 1. The average molecular weight is 302 g/mol. The molecule has 1 heterocycles. The van der Waals surface area contributed by atoms with E-state index in [2.05, 4.69) is 15.5 Å². The smallest absolute Gasteiger partial charge is 0.238 e. The van der Waals surface area contributed by atoms with Crippen LogP contribution in [0.15, 0.2) is 18.2 Å². The van der Waals surface area contributed by atoms with Crippen LogP contribution in [0, 0.1) is 0 Å². The highest BCUT2D eigenvalue weighted by Gasteiger charge is 2.27. The first-order chi connectivity index (χ1) is 9.10. The number of nitrogens with one attached hydrogen (secondary N) is 2. The van der Waals surface area contributed by atoms with Gasteiger partial charge in [-0.05, 0) is 23.8 Å². The number of carbonyl (C=O) groups excluding carboxylic acids is 1. The van der Waals surface area contributed by atoms with E-state index in [0.29, 0.717) is 23.1 Å². The summed E-state index contributed by atoms with van der Waals surface area (Å²) in [5.74, 6) is 0.0281. The van der Waals surface area contributed by atoms with Crippen LogP contribution in [-0.4, -0.2) is 43.5 Å². The molecule has 1 fully saturated rings. The molecule has 2 N–H and O–H groups in total. The highest BCUT2D eigenvalue weighted by molar-refractivity contribution is 6.34. The Morgan fingerprint density at radius 1 is 1.42 bits per heavy atom. The van der Waals surface area contributed by atoms with Crippen LogP contribution in [0.25, 0.3) is 0 Å². The van der Waals surface area contributed by atoms with Crippen LogP contribution in [0.4, 0.5) is 0 Å². The summed E-state index contributed by atoms with van der Waals surface area (Å²) in [6.45, 7) is 3.03. The lowest BCUT2D eigenvalue weighted by atomic mass is 10.1. The van der Waals surface area contributed by atoms with Crippen molar-refractivity contribution in [3.63, 3.8) is 0 Å². The zero-order chi connectivity index (χ0) is 13.8. The van der Waals surface area contributed by atoms with Crippen LogP contribution in [0.1, 0.15) is 5.56 Å². The minimum absolute atomic E-state index is 0.0281. The minimum atomic E-state index is -0.156. The maximum atomic E-state index is 11.9. The van der Waals surface area contributed by atoms with E-state index in [-0.39, 0.29) is 11.9 Å². The Balaban J connectivity index is 2.12. The van der Waals surface area contributed by atoms with E-state index in [9.17, 15) is 4.79 Å². The molecule has 1 unspecified atom stereocenters. The molecule has 1 aromatic rings. The van der Waals surface area contributed by atoms with E-state index >= 15 is 0 Å². The van der Waals surface area contributed by atoms with E-state index in [1.165, 1.54) is 0 Å². The Kier molecular flexibility index (Phi) is 5.05. The van der Waals surface area contributed by atoms with Crippen LogP contribution in [-0.2, 0) is 11.3 Å². The standard InChI is InChI=1S/C13H17Cl2N3O/c1-16-13(19)12-7-17-2-3-18(12)8-9-4-10(14)6-11(15)5-9/h4-6,12,17H,2-3,7-8H2,1H3,(H,16,19). The SMILES string of the molecule is CNC(=O)C1CNCCN1Cc1cc(Cl)cc(Cl)c1. The molecule has 1 aromatic carbocycles. The minimum Gasteiger partial charge on any atom is -0.358 e. The molecular weight excluding hydrogens is 285 g/mol. The topological polar surface area (TPSA) is 44.4 Å². The Morgan fingerprint density at radius 2 is 2.11 bits per heavy atom. The number of piperazine rings is 1. The molecule has 104 valence electrons. The summed E-state index contributed by atoms with van der Waals surface area (Å²) < 4.78 is 0. The molecule has 1 aliphatic rings. The van der Waals surface area contributed by atoms with Crippen LogP contribution < -0.4 is 10.6 Å². The Morgan fingerprint density at radius 3 is 2.74 bits per heavy atom. The van der Waals surface area contributed by atoms with E-state index in [1.54, 1.807) is 13.1 Å². The molecule has 1 amide bonds. The molecule has 1 aliphatic heterocycles. The summed E-state index contributed by atoms with van der Waals surface area (Å²) in [7, 11) is 1.66. The molecule has 1 atom stereocenters. The first kappa shape index (κ1) is 14.6. The van der Waals surface area contributed by atoms with Gasteiger partial charge in [0, 0.05) is 43.3 Å². The molecule has 1 saturated heterocycles. The number of rotatable bonds is 3. The lowest BCUT2D eigenvalue weighted by Gasteiger charge is -2.34. The maximum Gasteiger partial charge on any atom is 0.238 e. The molecule has 19 heavy (non-hydrogen) atoms. The van der Waals surface area contributed by atoms with Gasteiger partial charge in [0.05, 0.1) is 0 Å². The number of halogens is 2. The summed E-state index contributed by atoms with van der Waals surface area (Å²) in [4.78, 5) is 14.0. The van der Waals surface area contributed by atoms with Gasteiger partial charge in [0.25, 0.3) is 0 Å². The Hall–Kier alpha value is -0.810. The third-order valence-corrected chi connectivity index (χ3v) is 3.65. The fourth-order valence-corrected chi connectivity index (χ4v) is 2.87. The van der Waals surface area contributed by atoms with E-state index in [0.717, 1.165) is 18.7 Å². The zero-order valence-electron chi connectivity index (χ0n) is 10.7. The van der Waals surface area contributed by atoms with E-state index in [4.69, 9.17) is 23.2 Å². The second-order valence-electron chi connectivity index (χ2n) is 4.58. The van der Waals surface area contributed by atoms with Crippen molar-refractivity contribution in [2.45, 2.75) is 12.6 Å². The molecule has 0 aromatic heterocycles. The number of benzene rings is 1. The van der Waals surface area contributed by atoms with E-state index < -0.39 is 0 Å². The van der Waals surface area contributed by atoms with Gasteiger partial charge in [0.1, 0.15) is 6.04 Å². The third kappa shape index (κ3) is 3.83. The Bertz CT molecular complexity index is 447. The van der Waals surface area contributed by atoms with Crippen LogP contribution in [0.2, 0.25) is 10.0 Å². The van der Waals surface area contributed by atoms with Crippen molar-refractivity contribution in [3.8, 4) is 0 Å². The Labute approximate surface area is 123 Å². The highest BCUT2D eigenvalue weighted by atomic mass is 35.5. The number of hydrogen-bond acceptors (Lipinski definition) is 3. The summed E-state index contributed by atoms with van der Waals surface area (Å²) >= 11 is 12.0. The molecule has 0 radical (unpaired) electrons. The number of amides is 1. The van der Waals surface area contributed by atoms with Crippen molar-refractivity contribution in [3.05, 3.63) is 33.8 Å². The average Bonchev–Trinajstić information content (AvgIpc) is 2.37. The zero-order valence-corrected chi connectivity index (χ0v) is 12.3. The highest BCUT2D eigenvalue weighted by Crippen LogP contribution is 2.21. The van der Waals surface area contributed by atoms with Crippen molar-refractivity contribution < 1.29 is 4.79 Å². The molecule has 0 spiro atoms. The van der Waals surface area contributed by atoms with Crippen LogP contribution in [0.5, 0.6) is 0 Å². The number of hydrogen-bond donors (Lipinski definition) is 2. The number of nitrogens with zero attached hydrogens (tertiary/aromatic N) is 1. The fraction of sp³-hybridized carbons (Fsp3) is 0.462. The van der Waals surface area contributed by atoms with Crippen molar-refractivity contribution >= 4 is 29.1 Å². The third-order valence-electron chi connectivity index (χ3n) is 3.21. The monoisotopic (exact) mass is 301 g/mol. The predicted molar refractivity (Wildman–Crippen MR) is 77.6 cm³/mol. The van der Waals surface area contributed by atoms with Gasteiger partial charge in [0.15, 0.2) is 0 Å². The molecule has 6 heteroatoms. The lowest BCUT2D eigenvalue weighted by Crippen LogP contribution is -2.56. The lowest BCUT2D eigenvalue weighted by molar-refractivity contribution is -0.126. The second-order valence-corrected chi connectivity index (χ2v) is 5.46. The number of carbonyl (C=O) groups is 1. The molecule has 0 saturated carbocycles. The molecule has 0 bridgehead atoms. The van der Waals surface area contributed by atoms with E-state index in [1.807, 2.05) is 12.1 Å². The van der Waals surface area contributed by atoms with Crippen LogP contribution >= 0.6 is 23.2 Å². The normalized spacial score (nSPS) is 20.3. The molecule has 0 aliphatic carbocycles. The first-order valence-electron chi connectivity index (χ1n) is 6.21. The first-order valence-corrected chi connectivity index (χ1v) is 6.97. The summed E-state index contributed by atoms with van der Waals surface area (Å²) in [5, 5.41) is 7.17. The van der Waals surface area contributed by atoms with Gasteiger partial charge in [-0.1, -0.05) is 23.2 Å². The van der Waals surface area contributed by atoms with Gasteiger partial charge in [-0.15, -0.1) is 0 Å². The van der Waals surface area contributed by atoms with Gasteiger partial charge in [-0.3, -0.25) is 9.69 Å². The van der Waals surface area contributed by atoms with Gasteiger partial charge in [0.2, 0.25) is 5.91 Å². The van der Waals surface area contributed by atoms with Gasteiger partial charge in [-0.2, -0.15) is 0 Å². The summed E-state index contributed by atoms with van der Waals surface area (Å²) in [6, 6.07) is 5.32. The second kappa shape index (κ2) is 6.57. The molecule has 4 nitrogen and oxygen atoms in total. The van der Waals surface area contributed by atoms with Crippen molar-refractivity contribution in [2.24, 2.45) is 0 Å². The van der Waals surface area contributed by atoms with Crippen molar-refractivity contribution in [1.82, 2.24) is 15.5 Å². The largest absolute Gasteiger partial charge is 0.358 e. The quantitative estimate of drug-likeness (QED) is 0.889. The van der Waals surface area contributed by atoms with Gasteiger partial charge < -0.3 is 10.6 Å². The predicted octanol–water partition coefficient (Wildman–Crippen LogP) is 1.51. The van der Waals surface area contributed by atoms with Gasteiger partial charge in [-0.25, -0.2) is 0 Å². The molecular formula is C13H17Cl2N3O. The summed E-state index contributed by atoms with van der Waals surface area (Å²) in [5.41, 5.74) is 1.02. The maximum absolute atomic E-state index is 11.9. The van der Waals surface area contributed by atoms with Gasteiger partial charge >= 0.3 is 0 Å².